The van der Waals surface area contributed by atoms with E-state index in [2.05, 4.69) is 9.97 Å². The van der Waals surface area contributed by atoms with Crippen LogP contribution in [-0.4, -0.2) is 16.6 Å². The number of halogens is 1. The molecule has 0 saturated heterocycles. The van der Waals surface area contributed by atoms with Gasteiger partial charge < -0.3 is 15.2 Å². The smallest absolute Gasteiger partial charge is 0.249 e. The van der Waals surface area contributed by atoms with Crippen LogP contribution in [0.5, 0.6) is 17.5 Å². The summed E-state index contributed by atoms with van der Waals surface area (Å²) in [5.74, 6) is 0.543. The van der Waals surface area contributed by atoms with Crippen molar-refractivity contribution in [2.45, 2.75) is 6.92 Å². The van der Waals surface area contributed by atoms with Crippen molar-refractivity contribution in [1.82, 2.24) is 9.97 Å². The van der Waals surface area contributed by atoms with Gasteiger partial charge in [-0.15, -0.1) is 0 Å². The summed E-state index contributed by atoms with van der Waals surface area (Å²) in [5.41, 5.74) is 6.01. The van der Waals surface area contributed by atoms with Crippen molar-refractivity contribution < 1.29 is 13.9 Å². The zero-order chi connectivity index (χ0) is 13.0. The van der Waals surface area contributed by atoms with E-state index in [1.165, 1.54) is 30.6 Å². The summed E-state index contributed by atoms with van der Waals surface area (Å²) in [7, 11) is 0. The maximum Gasteiger partial charge on any atom is 0.249 e. The fourth-order valence-electron chi connectivity index (χ4n) is 1.31. The second-order valence-corrected chi connectivity index (χ2v) is 3.39. The minimum Gasteiger partial charge on any atom is -0.476 e. The Morgan fingerprint density at radius 3 is 2.50 bits per heavy atom. The number of ether oxygens (including phenoxy) is 2. The first-order valence-corrected chi connectivity index (χ1v) is 5.37. The van der Waals surface area contributed by atoms with Gasteiger partial charge in [0.15, 0.2) is 5.69 Å². The van der Waals surface area contributed by atoms with Crippen LogP contribution >= 0.6 is 0 Å². The van der Waals surface area contributed by atoms with Gasteiger partial charge in [-0.3, -0.25) is 0 Å². The van der Waals surface area contributed by atoms with Crippen molar-refractivity contribution >= 4 is 5.69 Å². The highest BCUT2D eigenvalue weighted by Crippen LogP contribution is 2.30. The standard InChI is InChI=1S/C12H12FN3O2/c1-2-17-11-10(14)12(16-7-15-11)18-9-5-3-8(13)4-6-9/h3-7H,2,14H2,1H3. The number of aromatic nitrogens is 2. The summed E-state index contributed by atoms with van der Waals surface area (Å²) in [6.07, 6.45) is 1.29. The molecule has 0 bridgehead atoms. The lowest BCUT2D eigenvalue weighted by atomic mass is 10.3. The van der Waals surface area contributed by atoms with Gasteiger partial charge in [-0.05, 0) is 31.2 Å². The van der Waals surface area contributed by atoms with Gasteiger partial charge in [0.05, 0.1) is 6.61 Å². The SMILES string of the molecule is CCOc1ncnc(Oc2ccc(F)cc2)c1N. The zero-order valence-electron chi connectivity index (χ0n) is 9.76. The Kier molecular flexibility index (Phi) is 3.57. The lowest BCUT2D eigenvalue weighted by Crippen LogP contribution is -2.02. The predicted molar refractivity (Wildman–Crippen MR) is 64.1 cm³/mol. The Bertz CT molecular complexity index is 531. The quantitative estimate of drug-likeness (QED) is 0.900. The van der Waals surface area contributed by atoms with Crippen LogP contribution in [0.25, 0.3) is 0 Å². The van der Waals surface area contributed by atoms with Crippen LogP contribution < -0.4 is 15.2 Å². The Morgan fingerprint density at radius 1 is 1.17 bits per heavy atom. The largest absolute Gasteiger partial charge is 0.476 e. The van der Waals surface area contributed by atoms with E-state index < -0.39 is 0 Å². The van der Waals surface area contributed by atoms with E-state index in [9.17, 15) is 4.39 Å². The van der Waals surface area contributed by atoms with Crippen LogP contribution in [0.4, 0.5) is 10.1 Å². The maximum absolute atomic E-state index is 12.7. The summed E-state index contributed by atoms with van der Waals surface area (Å²) >= 11 is 0. The molecule has 1 aromatic heterocycles. The lowest BCUT2D eigenvalue weighted by Gasteiger charge is -2.09. The third-order valence-corrected chi connectivity index (χ3v) is 2.12. The Labute approximate surface area is 103 Å². The summed E-state index contributed by atoms with van der Waals surface area (Å²) in [4.78, 5) is 7.79. The number of rotatable bonds is 4. The van der Waals surface area contributed by atoms with Gasteiger partial charge in [-0.1, -0.05) is 0 Å². The van der Waals surface area contributed by atoms with Gasteiger partial charge in [0.25, 0.3) is 0 Å². The van der Waals surface area contributed by atoms with E-state index in [1.807, 2.05) is 6.92 Å². The number of nitrogens with two attached hydrogens (primary N) is 1. The second-order valence-electron chi connectivity index (χ2n) is 3.39. The molecule has 0 aliphatic heterocycles. The Balaban J connectivity index is 2.23. The van der Waals surface area contributed by atoms with E-state index in [0.717, 1.165) is 0 Å². The van der Waals surface area contributed by atoms with E-state index in [0.29, 0.717) is 12.4 Å². The van der Waals surface area contributed by atoms with Crippen LogP contribution in [0.1, 0.15) is 6.92 Å². The minimum atomic E-state index is -0.340. The number of nitrogens with zero attached hydrogens (tertiary/aromatic N) is 2. The monoisotopic (exact) mass is 249 g/mol. The van der Waals surface area contributed by atoms with Crippen LogP contribution in [0.3, 0.4) is 0 Å². The van der Waals surface area contributed by atoms with Crippen LogP contribution in [0.15, 0.2) is 30.6 Å². The maximum atomic E-state index is 12.7. The molecule has 0 fully saturated rings. The number of benzene rings is 1. The molecule has 0 unspecified atom stereocenters. The molecule has 2 N–H and O–H groups in total. The van der Waals surface area contributed by atoms with Crippen LogP contribution in [0.2, 0.25) is 0 Å². The molecular weight excluding hydrogens is 237 g/mol. The van der Waals surface area contributed by atoms with Crippen LogP contribution in [-0.2, 0) is 0 Å². The highest BCUT2D eigenvalue weighted by molar-refractivity contribution is 5.56. The fraction of sp³-hybridized carbons (Fsp3) is 0.167. The summed E-state index contributed by atoms with van der Waals surface area (Å²) in [5, 5.41) is 0. The first-order valence-electron chi connectivity index (χ1n) is 5.37. The van der Waals surface area contributed by atoms with Gasteiger partial charge in [0, 0.05) is 0 Å². The van der Waals surface area contributed by atoms with Crippen molar-refractivity contribution in [1.29, 1.82) is 0 Å². The van der Waals surface area contributed by atoms with E-state index in [1.54, 1.807) is 0 Å². The minimum absolute atomic E-state index is 0.181. The molecule has 2 rings (SSSR count). The molecule has 18 heavy (non-hydrogen) atoms. The molecule has 0 spiro atoms. The Morgan fingerprint density at radius 2 is 1.83 bits per heavy atom. The highest BCUT2D eigenvalue weighted by Gasteiger charge is 2.10. The van der Waals surface area contributed by atoms with Gasteiger partial charge in [0.2, 0.25) is 11.8 Å². The third-order valence-electron chi connectivity index (χ3n) is 2.12. The van der Waals surface area contributed by atoms with Crippen molar-refractivity contribution in [3.8, 4) is 17.5 Å². The normalized spacial score (nSPS) is 10.1. The van der Waals surface area contributed by atoms with Gasteiger partial charge in [0.1, 0.15) is 17.9 Å². The molecule has 2 aromatic rings. The van der Waals surface area contributed by atoms with Gasteiger partial charge in [-0.2, -0.15) is 9.97 Å². The van der Waals surface area contributed by atoms with Crippen LogP contribution in [0, 0.1) is 5.82 Å². The van der Waals surface area contributed by atoms with E-state index in [4.69, 9.17) is 15.2 Å². The number of hydrogen-bond donors (Lipinski definition) is 1. The third kappa shape index (κ3) is 2.65. The molecule has 0 amide bonds. The van der Waals surface area contributed by atoms with Crippen molar-refractivity contribution in [2.24, 2.45) is 0 Å². The van der Waals surface area contributed by atoms with E-state index in [-0.39, 0.29) is 23.3 Å². The van der Waals surface area contributed by atoms with Crippen molar-refractivity contribution in [2.75, 3.05) is 12.3 Å². The molecule has 0 radical (unpaired) electrons. The van der Waals surface area contributed by atoms with Gasteiger partial charge in [-0.25, -0.2) is 4.39 Å². The fourth-order valence-corrected chi connectivity index (χ4v) is 1.31. The first-order chi connectivity index (χ1) is 8.70. The summed E-state index contributed by atoms with van der Waals surface area (Å²) in [6.45, 7) is 2.26. The number of anilines is 1. The molecule has 1 aromatic carbocycles. The van der Waals surface area contributed by atoms with Crippen molar-refractivity contribution in [3.63, 3.8) is 0 Å². The molecule has 0 atom stereocenters. The van der Waals surface area contributed by atoms with Crippen molar-refractivity contribution in [3.05, 3.63) is 36.4 Å². The topological polar surface area (TPSA) is 70.3 Å². The summed E-state index contributed by atoms with van der Waals surface area (Å²) in [6, 6.07) is 5.54. The average molecular weight is 249 g/mol. The molecular formula is C12H12FN3O2. The number of nitrogen functional groups attached to an aromatic ring is 1. The molecule has 6 heteroatoms. The Hall–Kier alpha value is -2.37. The highest BCUT2D eigenvalue weighted by atomic mass is 19.1. The first kappa shape index (κ1) is 12.1. The zero-order valence-corrected chi connectivity index (χ0v) is 9.76. The summed E-state index contributed by atoms with van der Waals surface area (Å²) < 4.78 is 23.4. The lowest BCUT2D eigenvalue weighted by molar-refractivity contribution is 0.325. The van der Waals surface area contributed by atoms with Gasteiger partial charge >= 0.3 is 0 Å². The number of hydrogen-bond acceptors (Lipinski definition) is 5. The molecule has 0 saturated carbocycles. The molecule has 0 aliphatic carbocycles. The predicted octanol–water partition coefficient (Wildman–Crippen LogP) is 2.39. The van der Waals surface area contributed by atoms with E-state index >= 15 is 0 Å². The average Bonchev–Trinajstić information content (AvgIpc) is 2.37. The molecule has 94 valence electrons. The molecule has 5 nitrogen and oxygen atoms in total. The molecule has 0 aliphatic rings. The molecule has 1 heterocycles. The second kappa shape index (κ2) is 5.31.